The highest BCUT2D eigenvalue weighted by molar-refractivity contribution is 7.90. The average molecular weight is 781 g/mol. The van der Waals surface area contributed by atoms with Crippen LogP contribution in [0.15, 0.2) is 42.5 Å². The van der Waals surface area contributed by atoms with Gasteiger partial charge >= 0.3 is 5.97 Å². The molecular formula is C41H68N2O6S3. The number of aliphatic carboxylic acids is 1. The third kappa shape index (κ3) is 19.9. The van der Waals surface area contributed by atoms with Gasteiger partial charge in [0.2, 0.25) is 0 Å². The number of hydrogen-bond donors (Lipinski definition) is 4. The molecule has 1 amide bonds. The van der Waals surface area contributed by atoms with Crippen molar-refractivity contribution in [1.29, 1.82) is 0 Å². The Hall–Kier alpha value is -2.05. The number of carbonyl (C=O) groups excluding carboxylic acids is 1. The van der Waals surface area contributed by atoms with Crippen molar-refractivity contribution in [3.63, 3.8) is 0 Å². The van der Waals surface area contributed by atoms with Crippen LogP contribution in [0.4, 0.5) is 0 Å². The smallest absolute Gasteiger partial charge is 0.326 e. The number of likely N-dealkylation sites (tertiary alicyclic amines) is 1. The summed E-state index contributed by atoms with van der Waals surface area (Å²) in [7, 11) is -1.66. The summed E-state index contributed by atoms with van der Waals surface area (Å²) >= 11 is 8.54. The second-order valence-corrected chi connectivity index (χ2v) is 18.0. The number of sulfone groups is 1. The van der Waals surface area contributed by atoms with Crippen molar-refractivity contribution in [2.24, 2.45) is 0 Å². The number of ether oxygens (including phenoxy) is 1. The van der Waals surface area contributed by atoms with Gasteiger partial charge in [-0.25, -0.2) is 13.2 Å². The predicted octanol–water partition coefficient (Wildman–Crippen LogP) is 9.05. The number of aryl methyl sites for hydroxylation is 1. The summed E-state index contributed by atoms with van der Waals surface area (Å²) in [5.41, 5.74) is 3.99. The number of nitrogens with one attached hydrogen (secondary N) is 1. The van der Waals surface area contributed by atoms with E-state index in [1.165, 1.54) is 57.8 Å². The number of rotatable bonds is 14. The second-order valence-electron chi connectivity index (χ2n) is 14.1. The summed E-state index contributed by atoms with van der Waals surface area (Å²) in [6.45, 7) is 13.0. The van der Waals surface area contributed by atoms with E-state index in [1.807, 2.05) is 43.3 Å². The van der Waals surface area contributed by atoms with E-state index in [9.17, 15) is 23.1 Å². The van der Waals surface area contributed by atoms with Crippen molar-refractivity contribution < 1.29 is 27.9 Å². The zero-order chi connectivity index (χ0) is 39.1. The van der Waals surface area contributed by atoms with Crippen LogP contribution in [0.1, 0.15) is 126 Å². The van der Waals surface area contributed by atoms with E-state index in [0.717, 1.165) is 54.1 Å². The number of methoxy groups -OCH3 is 1. The SMILES string of the molecule is CCCC.CCCC(C)S.COCC1CCCN1Cc1ccc(C(=O)NC(CCS(C)(=O)=O)C(=O)O)c(-c2ccccc2C)c1.SC1CCCCC1. The van der Waals surface area contributed by atoms with Crippen molar-refractivity contribution >= 4 is 47.0 Å². The first-order valence-corrected chi connectivity index (χ1v) is 22.3. The minimum atomic E-state index is -3.36. The maximum Gasteiger partial charge on any atom is 0.326 e. The summed E-state index contributed by atoms with van der Waals surface area (Å²) in [6.07, 6.45) is 15.1. The van der Waals surface area contributed by atoms with Crippen molar-refractivity contribution in [3.8, 4) is 11.1 Å². The van der Waals surface area contributed by atoms with Crippen LogP contribution >= 0.6 is 25.3 Å². The van der Waals surface area contributed by atoms with Crippen LogP contribution in [0, 0.1) is 6.92 Å². The number of thiol groups is 2. The molecule has 3 atom stereocenters. The van der Waals surface area contributed by atoms with Gasteiger partial charge in [-0.1, -0.05) is 96.6 Å². The number of carboxylic acids is 1. The molecule has 2 fully saturated rings. The summed E-state index contributed by atoms with van der Waals surface area (Å²) < 4.78 is 28.4. The average Bonchev–Trinajstić information content (AvgIpc) is 3.53. The largest absolute Gasteiger partial charge is 0.480 e. The molecule has 0 bridgehead atoms. The van der Waals surface area contributed by atoms with Crippen molar-refractivity contribution in [1.82, 2.24) is 10.2 Å². The molecule has 0 aromatic heterocycles. The first-order chi connectivity index (χ1) is 24.7. The highest BCUT2D eigenvalue weighted by Gasteiger charge is 2.26. The monoisotopic (exact) mass is 780 g/mol. The van der Waals surface area contributed by atoms with E-state index in [2.05, 4.69) is 63.2 Å². The molecule has 2 aromatic rings. The molecule has 1 heterocycles. The van der Waals surface area contributed by atoms with E-state index >= 15 is 0 Å². The van der Waals surface area contributed by atoms with E-state index in [1.54, 1.807) is 13.2 Å². The van der Waals surface area contributed by atoms with Crippen molar-refractivity contribution in [2.75, 3.05) is 32.3 Å². The lowest BCUT2D eigenvalue weighted by molar-refractivity contribution is -0.139. The van der Waals surface area contributed by atoms with Gasteiger partial charge in [-0.2, -0.15) is 25.3 Å². The normalized spacial score (nSPS) is 17.3. The molecular weight excluding hydrogens is 713 g/mol. The molecule has 2 aliphatic rings. The van der Waals surface area contributed by atoms with Gasteiger partial charge in [0, 0.05) is 36.8 Å². The maximum absolute atomic E-state index is 13.2. The van der Waals surface area contributed by atoms with Gasteiger partial charge < -0.3 is 15.2 Å². The van der Waals surface area contributed by atoms with Gasteiger partial charge in [0.15, 0.2) is 0 Å². The topological polar surface area (TPSA) is 113 Å². The van der Waals surface area contributed by atoms with E-state index in [-0.39, 0.29) is 12.2 Å². The Labute approximate surface area is 327 Å². The summed E-state index contributed by atoms with van der Waals surface area (Å²) in [6, 6.07) is 12.4. The number of hydrogen-bond acceptors (Lipinski definition) is 8. The van der Waals surface area contributed by atoms with Crippen molar-refractivity contribution in [3.05, 3.63) is 59.2 Å². The molecule has 1 saturated carbocycles. The Morgan fingerprint density at radius 2 is 1.62 bits per heavy atom. The second kappa shape index (κ2) is 26.7. The lowest BCUT2D eigenvalue weighted by Crippen LogP contribution is -2.42. The lowest BCUT2D eigenvalue weighted by Gasteiger charge is -2.24. The Kier molecular flexibility index (Phi) is 24.6. The van der Waals surface area contributed by atoms with Gasteiger partial charge in [-0.15, -0.1) is 0 Å². The van der Waals surface area contributed by atoms with Gasteiger partial charge in [0.1, 0.15) is 15.9 Å². The third-order valence-corrected chi connectivity index (χ3v) is 10.9. The standard InChI is InChI=1S/C26H34N2O6S.C6H12S.C5H12S.C4H10/c1-18-7-4-5-9-21(18)23-15-19(16-28-13-6-8-20(28)17-34-2)10-11-22(23)25(29)27-24(26(30)31)12-14-35(3,32)33;7-6-4-2-1-3-5-6;1-3-4-5(2)6;1-3-4-2/h4-5,7,9-11,15,20,24H,6,8,12-14,16-17H2,1-3H3,(H,27,29)(H,30,31);6-7H,1-5H2;5-6H,3-4H2,1-2H3;3-4H2,1-2H3. The molecule has 11 heteroatoms. The van der Waals surface area contributed by atoms with Gasteiger partial charge in [0.05, 0.1) is 12.4 Å². The Bertz CT molecular complexity index is 1410. The predicted molar refractivity (Wildman–Crippen MR) is 225 cm³/mol. The molecule has 52 heavy (non-hydrogen) atoms. The number of nitrogens with zero attached hydrogens (tertiary/aromatic N) is 1. The summed E-state index contributed by atoms with van der Waals surface area (Å²) in [4.78, 5) is 27.3. The molecule has 2 aromatic carbocycles. The minimum absolute atomic E-state index is 0.201. The third-order valence-electron chi connectivity index (χ3n) is 9.17. The number of unbranched alkanes of at least 4 members (excludes halogenated alkanes) is 1. The first-order valence-electron chi connectivity index (χ1n) is 19.2. The summed E-state index contributed by atoms with van der Waals surface area (Å²) in [5, 5.41) is 13.4. The van der Waals surface area contributed by atoms with Gasteiger partial charge in [-0.3, -0.25) is 9.69 Å². The number of carbonyl (C=O) groups is 2. The lowest BCUT2D eigenvalue weighted by atomic mass is 9.93. The molecule has 2 N–H and O–H groups in total. The van der Waals surface area contributed by atoms with Crippen LogP contribution in [0.5, 0.6) is 0 Å². The minimum Gasteiger partial charge on any atom is -0.480 e. The van der Waals surface area contributed by atoms with E-state index in [4.69, 9.17) is 4.74 Å². The van der Waals surface area contributed by atoms with Crippen LogP contribution in [0.3, 0.4) is 0 Å². The molecule has 0 radical (unpaired) electrons. The number of benzene rings is 2. The first kappa shape index (κ1) is 48.0. The quantitative estimate of drug-likeness (QED) is 0.142. The molecule has 3 unspecified atom stereocenters. The molecule has 4 rings (SSSR count). The van der Waals surface area contributed by atoms with E-state index < -0.39 is 27.8 Å². The number of amides is 1. The molecule has 1 aliphatic heterocycles. The summed E-state index contributed by atoms with van der Waals surface area (Å²) in [5.74, 6) is -2.14. The molecule has 1 aliphatic carbocycles. The Balaban J connectivity index is 0.000000651. The molecule has 1 saturated heterocycles. The van der Waals surface area contributed by atoms with Crippen LogP contribution in [0.25, 0.3) is 11.1 Å². The fraction of sp³-hybridized carbons (Fsp3) is 0.659. The van der Waals surface area contributed by atoms with Crippen LogP contribution in [-0.2, 0) is 25.9 Å². The fourth-order valence-electron chi connectivity index (χ4n) is 6.03. The van der Waals surface area contributed by atoms with Crippen LogP contribution in [-0.4, -0.2) is 85.2 Å². The Morgan fingerprint density at radius 1 is 0.962 bits per heavy atom. The zero-order valence-electron chi connectivity index (χ0n) is 32.9. The zero-order valence-corrected chi connectivity index (χ0v) is 35.5. The highest BCUT2D eigenvalue weighted by Crippen LogP contribution is 2.30. The van der Waals surface area contributed by atoms with Crippen LogP contribution < -0.4 is 5.32 Å². The number of carboxylic acid groups (broad SMARTS) is 1. The molecule has 0 spiro atoms. The van der Waals surface area contributed by atoms with Crippen LogP contribution in [0.2, 0.25) is 0 Å². The highest BCUT2D eigenvalue weighted by atomic mass is 32.2. The fourth-order valence-corrected chi connectivity index (χ4v) is 7.32. The van der Waals surface area contributed by atoms with E-state index in [0.29, 0.717) is 29.0 Å². The molecule has 8 nitrogen and oxygen atoms in total. The van der Waals surface area contributed by atoms with Gasteiger partial charge in [0.25, 0.3) is 5.91 Å². The molecule has 296 valence electrons. The van der Waals surface area contributed by atoms with Crippen molar-refractivity contribution in [2.45, 2.75) is 141 Å². The Morgan fingerprint density at radius 3 is 2.10 bits per heavy atom. The van der Waals surface area contributed by atoms with Gasteiger partial charge in [-0.05, 0) is 91.6 Å². The maximum atomic E-state index is 13.2.